The summed E-state index contributed by atoms with van der Waals surface area (Å²) in [4.78, 5) is 56.3. The third kappa shape index (κ3) is 3.76. The summed E-state index contributed by atoms with van der Waals surface area (Å²) in [5.41, 5.74) is 2.43. The van der Waals surface area contributed by atoms with E-state index in [1.54, 1.807) is 36.4 Å². The van der Waals surface area contributed by atoms with Gasteiger partial charge in [0.05, 0.1) is 27.1 Å². The quantitative estimate of drug-likeness (QED) is 0.254. The molecule has 34 heavy (non-hydrogen) atoms. The standard InChI is InChI=1S/C23H14ClN5O5/c24-13-3-8-18-19(9-13)27-21(26-18)12-1-4-14(5-2-12)25-20(30)11-28-22(31)16-7-6-15(29(33)34)10-17(16)23(28)32/h1-10H,11H2,(H,25,30)(H,26,27). The second-order valence-corrected chi connectivity index (χ2v) is 7.99. The Morgan fingerprint density at radius 3 is 2.50 bits per heavy atom. The number of H-pyrrole nitrogens is 1. The van der Waals surface area contributed by atoms with Gasteiger partial charge in [-0.15, -0.1) is 0 Å². The predicted octanol–water partition coefficient (Wildman–Crippen LogP) is 4.03. The van der Waals surface area contributed by atoms with Crippen LogP contribution in [-0.2, 0) is 4.79 Å². The minimum absolute atomic E-state index is 0.0277. The van der Waals surface area contributed by atoms with Gasteiger partial charge in [-0.2, -0.15) is 0 Å². The van der Waals surface area contributed by atoms with Crippen molar-refractivity contribution in [3.63, 3.8) is 0 Å². The number of amides is 3. The molecule has 1 aliphatic heterocycles. The van der Waals surface area contributed by atoms with E-state index in [9.17, 15) is 24.5 Å². The van der Waals surface area contributed by atoms with Gasteiger partial charge in [-0.25, -0.2) is 4.98 Å². The van der Waals surface area contributed by atoms with Gasteiger partial charge >= 0.3 is 0 Å². The van der Waals surface area contributed by atoms with Crippen LogP contribution in [0.15, 0.2) is 60.7 Å². The van der Waals surface area contributed by atoms with Crippen molar-refractivity contribution >= 4 is 51.7 Å². The number of carbonyl (C=O) groups excluding carboxylic acids is 3. The minimum atomic E-state index is -0.751. The van der Waals surface area contributed by atoms with Gasteiger partial charge in [0.15, 0.2) is 0 Å². The normalized spacial score (nSPS) is 12.8. The molecule has 0 bridgehead atoms. The first-order chi connectivity index (χ1) is 16.3. The lowest BCUT2D eigenvalue weighted by Gasteiger charge is -2.13. The van der Waals surface area contributed by atoms with Crippen LogP contribution < -0.4 is 5.32 Å². The summed E-state index contributed by atoms with van der Waals surface area (Å²) in [7, 11) is 0. The third-order valence-electron chi connectivity index (χ3n) is 5.35. The van der Waals surface area contributed by atoms with Gasteiger partial charge in [0, 0.05) is 28.4 Å². The zero-order chi connectivity index (χ0) is 24.0. The van der Waals surface area contributed by atoms with E-state index in [2.05, 4.69) is 15.3 Å². The number of aromatic nitrogens is 2. The number of imidazole rings is 1. The van der Waals surface area contributed by atoms with Crippen molar-refractivity contribution in [3.8, 4) is 11.4 Å². The second-order valence-electron chi connectivity index (χ2n) is 7.56. The summed E-state index contributed by atoms with van der Waals surface area (Å²) in [5.74, 6) is -1.38. The van der Waals surface area contributed by atoms with Crippen molar-refractivity contribution in [2.75, 3.05) is 11.9 Å². The van der Waals surface area contributed by atoms with E-state index < -0.39 is 29.2 Å². The lowest BCUT2D eigenvalue weighted by Crippen LogP contribution is -2.37. The van der Waals surface area contributed by atoms with E-state index in [1.165, 1.54) is 6.07 Å². The summed E-state index contributed by atoms with van der Waals surface area (Å²) < 4.78 is 0. The number of halogens is 1. The molecule has 0 radical (unpaired) electrons. The minimum Gasteiger partial charge on any atom is -0.338 e. The molecule has 3 amide bonds. The number of imide groups is 1. The van der Waals surface area contributed by atoms with E-state index in [-0.39, 0.29) is 16.8 Å². The maximum Gasteiger partial charge on any atom is 0.270 e. The molecule has 5 rings (SSSR count). The Morgan fingerprint density at radius 1 is 1.03 bits per heavy atom. The molecule has 0 spiro atoms. The summed E-state index contributed by atoms with van der Waals surface area (Å²) in [5, 5.41) is 14.2. The highest BCUT2D eigenvalue weighted by molar-refractivity contribution is 6.31. The molecule has 0 saturated carbocycles. The SMILES string of the molecule is O=C(CN1C(=O)c2ccc([N+](=O)[O-])cc2C1=O)Nc1ccc(-c2nc3ccc(Cl)cc3[nH]2)cc1. The molecule has 2 heterocycles. The molecule has 11 heteroatoms. The first-order valence-electron chi connectivity index (χ1n) is 10.0. The number of carbonyl (C=O) groups is 3. The van der Waals surface area contributed by atoms with Crippen LogP contribution in [0.25, 0.3) is 22.4 Å². The van der Waals surface area contributed by atoms with Crippen LogP contribution in [0.4, 0.5) is 11.4 Å². The Kier molecular flexibility index (Phi) is 5.06. The molecule has 0 aliphatic carbocycles. The number of non-ortho nitro benzene ring substituents is 1. The molecule has 0 unspecified atom stereocenters. The molecule has 10 nitrogen and oxygen atoms in total. The van der Waals surface area contributed by atoms with Crippen LogP contribution in [-0.4, -0.2) is 44.1 Å². The fourth-order valence-corrected chi connectivity index (χ4v) is 3.88. The lowest BCUT2D eigenvalue weighted by molar-refractivity contribution is -0.384. The summed E-state index contributed by atoms with van der Waals surface area (Å²) in [6.07, 6.45) is 0. The maximum absolute atomic E-state index is 12.6. The van der Waals surface area contributed by atoms with Crippen LogP contribution in [0.1, 0.15) is 20.7 Å². The van der Waals surface area contributed by atoms with Gasteiger partial charge in [0.25, 0.3) is 17.5 Å². The lowest BCUT2D eigenvalue weighted by atomic mass is 10.1. The Hall–Kier alpha value is -4.57. The maximum atomic E-state index is 12.6. The molecule has 0 saturated heterocycles. The number of nitrogens with one attached hydrogen (secondary N) is 2. The van der Waals surface area contributed by atoms with Crippen molar-refractivity contribution in [1.29, 1.82) is 0 Å². The van der Waals surface area contributed by atoms with Gasteiger partial charge < -0.3 is 10.3 Å². The van der Waals surface area contributed by atoms with Crippen LogP contribution in [0.2, 0.25) is 5.02 Å². The van der Waals surface area contributed by atoms with Crippen molar-refractivity contribution in [3.05, 3.63) is 86.9 Å². The van der Waals surface area contributed by atoms with Gasteiger partial charge in [-0.3, -0.25) is 29.4 Å². The monoisotopic (exact) mass is 475 g/mol. The first-order valence-corrected chi connectivity index (χ1v) is 10.4. The fraction of sp³-hybridized carbons (Fsp3) is 0.0435. The number of nitro groups is 1. The van der Waals surface area contributed by atoms with E-state index >= 15 is 0 Å². The number of aromatic amines is 1. The van der Waals surface area contributed by atoms with Crippen LogP contribution in [0, 0.1) is 10.1 Å². The Morgan fingerprint density at radius 2 is 1.76 bits per heavy atom. The number of benzene rings is 3. The average Bonchev–Trinajstić information content (AvgIpc) is 3.34. The summed E-state index contributed by atoms with van der Waals surface area (Å²) in [6.45, 7) is -0.522. The van der Waals surface area contributed by atoms with Gasteiger partial charge in [-0.05, 0) is 48.5 Å². The largest absolute Gasteiger partial charge is 0.338 e. The average molecular weight is 476 g/mol. The number of hydrogen-bond donors (Lipinski definition) is 2. The zero-order valence-electron chi connectivity index (χ0n) is 17.2. The summed E-state index contributed by atoms with van der Waals surface area (Å²) >= 11 is 6.01. The Labute approximate surface area is 196 Å². The molecule has 3 aromatic carbocycles. The van der Waals surface area contributed by atoms with Crippen LogP contribution in [0.5, 0.6) is 0 Å². The summed E-state index contributed by atoms with van der Waals surface area (Å²) in [6, 6.07) is 15.6. The zero-order valence-corrected chi connectivity index (χ0v) is 18.0. The van der Waals surface area contributed by atoms with E-state index in [0.29, 0.717) is 16.5 Å². The van der Waals surface area contributed by atoms with E-state index in [1.807, 2.05) is 6.07 Å². The van der Waals surface area contributed by atoms with Gasteiger partial charge in [0.1, 0.15) is 12.4 Å². The van der Waals surface area contributed by atoms with Gasteiger partial charge in [0.2, 0.25) is 5.91 Å². The number of fused-ring (bicyclic) bond motifs is 2. The highest BCUT2D eigenvalue weighted by Crippen LogP contribution is 2.27. The topological polar surface area (TPSA) is 138 Å². The first kappa shape index (κ1) is 21.3. The molecule has 0 atom stereocenters. The highest BCUT2D eigenvalue weighted by atomic mass is 35.5. The van der Waals surface area contributed by atoms with Crippen molar-refractivity contribution < 1.29 is 19.3 Å². The smallest absolute Gasteiger partial charge is 0.270 e. The molecule has 4 aromatic rings. The van der Waals surface area contributed by atoms with Crippen molar-refractivity contribution in [2.24, 2.45) is 0 Å². The number of nitrogens with zero attached hydrogens (tertiary/aromatic N) is 3. The molecule has 0 fully saturated rings. The van der Waals surface area contributed by atoms with Gasteiger partial charge in [-0.1, -0.05) is 11.6 Å². The predicted molar refractivity (Wildman–Crippen MR) is 124 cm³/mol. The van der Waals surface area contributed by atoms with E-state index in [0.717, 1.165) is 33.6 Å². The molecular weight excluding hydrogens is 462 g/mol. The Bertz CT molecular complexity index is 1510. The molecule has 2 N–H and O–H groups in total. The molecule has 1 aromatic heterocycles. The number of nitro benzene ring substituents is 1. The second kappa shape index (κ2) is 8.09. The van der Waals surface area contributed by atoms with Crippen molar-refractivity contribution in [2.45, 2.75) is 0 Å². The molecule has 168 valence electrons. The third-order valence-corrected chi connectivity index (χ3v) is 5.59. The number of rotatable bonds is 5. The highest BCUT2D eigenvalue weighted by Gasteiger charge is 2.37. The van der Waals surface area contributed by atoms with Crippen LogP contribution >= 0.6 is 11.6 Å². The van der Waals surface area contributed by atoms with Crippen molar-refractivity contribution in [1.82, 2.24) is 14.9 Å². The van der Waals surface area contributed by atoms with E-state index in [4.69, 9.17) is 11.6 Å². The molecule has 1 aliphatic rings. The Balaban J connectivity index is 1.28. The number of hydrogen-bond acceptors (Lipinski definition) is 6. The number of anilines is 1. The molecular formula is C23H14ClN5O5. The fourth-order valence-electron chi connectivity index (χ4n) is 3.71. The van der Waals surface area contributed by atoms with Crippen LogP contribution in [0.3, 0.4) is 0 Å².